The summed E-state index contributed by atoms with van der Waals surface area (Å²) in [6.07, 6.45) is 7.73. The van der Waals surface area contributed by atoms with Gasteiger partial charge in [0, 0.05) is 62.2 Å². The highest BCUT2D eigenvalue weighted by Crippen LogP contribution is 2.43. The minimum Gasteiger partial charge on any atom is -0.376 e. The average Bonchev–Trinajstić information content (AvgIpc) is 3.24. The van der Waals surface area contributed by atoms with E-state index in [1.165, 1.54) is 37.2 Å². The maximum absolute atomic E-state index is 5.85. The highest BCUT2D eigenvalue weighted by atomic mass is 16.5. The van der Waals surface area contributed by atoms with Crippen LogP contribution < -0.4 is 4.90 Å². The van der Waals surface area contributed by atoms with E-state index in [9.17, 15) is 0 Å². The van der Waals surface area contributed by atoms with Gasteiger partial charge in [-0.25, -0.2) is 4.68 Å². The van der Waals surface area contributed by atoms with E-state index in [-0.39, 0.29) is 6.10 Å². The lowest BCUT2D eigenvalue weighted by Crippen LogP contribution is -2.72. The summed E-state index contributed by atoms with van der Waals surface area (Å²) in [4.78, 5) is 9.47. The van der Waals surface area contributed by atoms with Crippen molar-refractivity contribution in [1.82, 2.24) is 24.9 Å². The zero-order valence-electron chi connectivity index (χ0n) is 19.4. The van der Waals surface area contributed by atoms with Crippen LogP contribution in [0, 0.1) is 12.3 Å². The zero-order chi connectivity index (χ0) is 22.3. The first-order valence-corrected chi connectivity index (χ1v) is 12.2. The van der Waals surface area contributed by atoms with Crippen LogP contribution in [0.3, 0.4) is 0 Å². The van der Waals surface area contributed by atoms with Crippen molar-refractivity contribution >= 4 is 5.69 Å². The second-order valence-corrected chi connectivity index (χ2v) is 10.1. The monoisotopic (exact) mass is 444 g/mol. The number of aromatic nitrogens is 4. The van der Waals surface area contributed by atoms with Gasteiger partial charge in [0.25, 0.3) is 0 Å². The Balaban J connectivity index is 1.04. The van der Waals surface area contributed by atoms with Crippen LogP contribution in [0.5, 0.6) is 0 Å². The van der Waals surface area contributed by atoms with Gasteiger partial charge < -0.3 is 9.64 Å². The number of anilines is 1. The number of hydrogen-bond acceptors (Lipinski definition) is 6. The van der Waals surface area contributed by atoms with E-state index in [1.54, 1.807) is 0 Å². The van der Waals surface area contributed by atoms with E-state index in [0.717, 1.165) is 56.2 Å². The number of ether oxygens (including phenoxy) is 1. The molecule has 0 saturated carbocycles. The Morgan fingerprint density at radius 1 is 1.09 bits per heavy atom. The Kier molecular flexibility index (Phi) is 5.38. The number of hydrogen-bond donors (Lipinski definition) is 0. The molecule has 0 aliphatic carbocycles. The van der Waals surface area contributed by atoms with E-state index in [0.29, 0.717) is 5.41 Å². The van der Waals surface area contributed by atoms with Gasteiger partial charge in [-0.1, -0.05) is 17.3 Å². The van der Waals surface area contributed by atoms with E-state index in [4.69, 9.17) is 4.74 Å². The zero-order valence-corrected chi connectivity index (χ0v) is 19.4. The van der Waals surface area contributed by atoms with E-state index in [2.05, 4.69) is 68.5 Å². The summed E-state index contributed by atoms with van der Waals surface area (Å²) in [5.41, 5.74) is 6.30. The molecular formula is C26H32N6O. The Morgan fingerprint density at radius 2 is 2.00 bits per heavy atom. The third kappa shape index (κ3) is 4.27. The largest absolute Gasteiger partial charge is 0.376 e. The van der Waals surface area contributed by atoms with Gasteiger partial charge in [-0.05, 0) is 56.0 Å². The van der Waals surface area contributed by atoms with Crippen molar-refractivity contribution in [3.63, 3.8) is 0 Å². The Hall–Kier alpha value is -2.77. The third-order valence-corrected chi connectivity index (χ3v) is 7.34. The maximum atomic E-state index is 5.85. The fraction of sp³-hybridized carbons (Fsp3) is 0.500. The summed E-state index contributed by atoms with van der Waals surface area (Å²) in [6.45, 7) is 9.42. The Morgan fingerprint density at radius 3 is 2.76 bits per heavy atom. The topological polar surface area (TPSA) is 59.3 Å². The molecule has 0 radical (unpaired) electrons. The van der Waals surface area contributed by atoms with Gasteiger partial charge >= 0.3 is 0 Å². The molecule has 1 atom stereocenters. The van der Waals surface area contributed by atoms with Crippen LogP contribution >= 0.6 is 0 Å². The maximum Gasteiger partial charge on any atom is 0.113 e. The SMILES string of the molecule is Cc1cc(N2CC3(CN(Cc4ccccn4)C3)C2)ccc1-c1cn(CC2CCCCO2)nn1. The molecule has 0 N–H and O–H groups in total. The minimum atomic E-state index is 0.266. The number of aryl methyl sites for hydroxylation is 1. The van der Waals surface area contributed by atoms with Gasteiger partial charge in [0.2, 0.25) is 0 Å². The van der Waals surface area contributed by atoms with Gasteiger partial charge in [-0.15, -0.1) is 5.10 Å². The molecule has 33 heavy (non-hydrogen) atoms. The van der Waals surface area contributed by atoms with E-state index >= 15 is 0 Å². The Labute approximate surface area is 195 Å². The number of pyridine rings is 1. The van der Waals surface area contributed by atoms with Crippen molar-refractivity contribution in [3.05, 3.63) is 60.0 Å². The molecule has 6 rings (SSSR count). The van der Waals surface area contributed by atoms with Crippen LogP contribution in [0.25, 0.3) is 11.3 Å². The molecule has 1 unspecified atom stereocenters. The van der Waals surface area contributed by atoms with E-state index in [1.807, 2.05) is 16.9 Å². The van der Waals surface area contributed by atoms with Crippen molar-refractivity contribution in [1.29, 1.82) is 0 Å². The lowest BCUT2D eigenvalue weighted by atomic mass is 9.72. The summed E-state index contributed by atoms with van der Waals surface area (Å²) in [6, 6.07) is 12.9. The molecule has 7 heteroatoms. The number of benzene rings is 1. The Bertz CT molecular complexity index is 1090. The fourth-order valence-electron chi connectivity index (χ4n) is 5.68. The highest BCUT2D eigenvalue weighted by molar-refractivity contribution is 5.67. The van der Waals surface area contributed by atoms with Crippen molar-refractivity contribution in [2.45, 2.75) is 45.4 Å². The standard InChI is InChI=1S/C26H32N6O/c1-20-12-22(31-18-26(19-31)16-30(17-26)13-21-6-2-4-10-27-21)8-9-24(20)25-15-32(29-28-25)14-23-7-3-5-11-33-23/h2,4,6,8-10,12,15,23H,3,5,7,11,13-14,16-19H2,1H3. The smallest absolute Gasteiger partial charge is 0.113 e. The van der Waals surface area contributed by atoms with Crippen LogP contribution in [0.4, 0.5) is 5.69 Å². The summed E-state index contributed by atoms with van der Waals surface area (Å²) >= 11 is 0. The summed E-state index contributed by atoms with van der Waals surface area (Å²) in [5.74, 6) is 0. The van der Waals surface area contributed by atoms with Crippen LogP contribution in [-0.4, -0.2) is 63.8 Å². The van der Waals surface area contributed by atoms with Gasteiger partial charge in [0.05, 0.1) is 24.5 Å². The molecular weight excluding hydrogens is 412 g/mol. The second kappa shape index (κ2) is 8.54. The number of rotatable bonds is 6. The summed E-state index contributed by atoms with van der Waals surface area (Å²) < 4.78 is 7.78. The molecule has 3 aromatic rings. The lowest BCUT2D eigenvalue weighted by Gasteiger charge is -2.61. The molecule has 2 aromatic heterocycles. The van der Waals surface area contributed by atoms with Crippen LogP contribution in [-0.2, 0) is 17.8 Å². The summed E-state index contributed by atoms with van der Waals surface area (Å²) in [5, 5.41) is 8.80. The van der Waals surface area contributed by atoms with Crippen LogP contribution in [0.2, 0.25) is 0 Å². The molecule has 3 aliphatic heterocycles. The number of nitrogens with zero attached hydrogens (tertiary/aromatic N) is 6. The molecule has 1 aromatic carbocycles. The molecule has 0 bridgehead atoms. The summed E-state index contributed by atoms with van der Waals surface area (Å²) in [7, 11) is 0. The molecule has 3 fully saturated rings. The first kappa shape index (κ1) is 20.8. The second-order valence-electron chi connectivity index (χ2n) is 10.1. The molecule has 1 spiro atoms. The van der Waals surface area contributed by atoms with Crippen molar-refractivity contribution in [2.24, 2.45) is 5.41 Å². The third-order valence-electron chi connectivity index (χ3n) is 7.34. The van der Waals surface area contributed by atoms with Crippen LogP contribution in [0.15, 0.2) is 48.8 Å². The quantitative estimate of drug-likeness (QED) is 0.580. The average molecular weight is 445 g/mol. The van der Waals surface area contributed by atoms with Crippen molar-refractivity contribution in [2.75, 3.05) is 37.7 Å². The highest BCUT2D eigenvalue weighted by Gasteiger charge is 2.51. The first-order chi connectivity index (χ1) is 16.2. The fourth-order valence-corrected chi connectivity index (χ4v) is 5.68. The lowest BCUT2D eigenvalue weighted by molar-refractivity contribution is -0.0280. The molecule has 172 valence electrons. The predicted molar refractivity (Wildman–Crippen MR) is 128 cm³/mol. The molecule has 0 amide bonds. The van der Waals surface area contributed by atoms with Gasteiger partial charge in [-0.2, -0.15) is 0 Å². The van der Waals surface area contributed by atoms with Gasteiger partial charge in [0.1, 0.15) is 5.69 Å². The molecule has 7 nitrogen and oxygen atoms in total. The molecule has 5 heterocycles. The van der Waals surface area contributed by atoms with Crippen LogP contribution in [0.1, 0.15) is 30.5 Å². The van der Waals surface area contributed by atoms with Gasteiger partial charge in [-0.3, -0.25) is 9.88 Å². The van der Waals surface area contributed by atoms with E-state index < -0.39 is 0 Å². The predicted octanol–water partition coefficient (Wildman–Crippen LogP) is 3.54. The van der Waals surface area contributed by atoms with Crippen molar-refractivity contribution < 1.29 is 4.74 Å². The molecule has 3 aliphatic rings. The van der Waals surface area contributed by atoms with Crippen molar-refractivity contribution in [3.8, 4) is 11.3 Å². The normalized spacial score (nSPS) is 22.2. The minimum absolute atomic E-state index is 0.266. The van der Waals surface area contributed by atoms with Gasteiger partial charge in [0.15, 0.2) is 0 Å². The first-order valence-electron chi connectivity index (χ1n) is 12.2. The molecule has 3 saturated heterocycles. The number of likely N-dealkylation sites (tertiary alicyclic amines) is 1.